The number of para-hydroxylation sites is 1. The first kappa shape index (κ1) is 28.0. The highest BCUT2D eigenvalue weighted by Gasteiger charge is 2.43. The quantitative estimate of drug-likeness (QED) is 0.254. The van der Waals surface area contributed by atoms with Gasteiger partial charge in [-0.05, 0) is 54.7 Å². The van der Waals surface area contributed by atoms with E-state index in [4.69, 9.17) is 18.9 Å². The van der Waals surface area contributed by atoms with E-state index in [1.54, 1.807) is 0 Å². The maximum absolute atomic E-state index is 14.0. The normalized spacial score (nSPS) is 20.6. The van der Waals surface area contributed by atoms with Gasteiger partial charge in [-0.15, -0.1) is 0 Å². The van der Waals surface area contributed by atoms with Crippen LogP contribution in [0.5, 0.6) is 23.0 Å². The lowest BCUT2D eigenvalue weighted by molar-refractivity contribution is -0.670. The molecule has 1 saturated heterocycles. The van der Waals surface area contributed by atoms with E-state index in [0.29, 0.717) is 37.4 Å². The SMILES string of the molecule is CCCCN(C(=O)CN1C[C@H](c2ccc3c(c2)OCO3)[C@@H](C=O)[C@@H]1CCc1cccc2c1OCO2)c1ccc[n+](C)c1. The van der Waals surface area contributed by atoms with E-state index in [-0.39, 0.29) is 43.9 Å². The van der Waals surface area contributed by atoms with E-state index < -0.39 is 0 Å². The van der Waals surface area contributed by atoms with Crippen LogP contribution in [0.4, 0.5) is 5.69 Å². The molecule has 0 bridgehead atoms. The number of pyridine rings is 1. The smallest absolute Gasteiger partial charge is 0.241 e. The Morgan fingerprint density at radius 2 is 1.88 bits per heavy atom. The molecule has 42 heavy (non-hydrogen) atoms. The number of hydrogen-bond acceptors (Lipinski definition) is 7. The van der Waals surface area contributed by atoms with Crippen molar-refractivity contribution < 1.29 is 33.1 Å². The monoisotopic (exact) mass is 572 g/mol. The average Bonchev–Trinajstić information content (AvgIpc) is 3.74. The summed E-state index contributed by atoms with van der Waals surface area (Å²) in [6.07, 6.45) is 8.32. The fraction of sp³-hybridized carbons (Fsp3) is 0.424. The highest BCUT2D eigenvalue weighted by atomic mass is 16.7. The second-order valence-corrected chi connectivity index (χ2v) is 11.2. The zero-order valence-corrected chi connectivity index (χ0v) is 24.2. The second kappa shape index (κ2) is 12.4. The maximum atomic E-state index is 14.0. The van der Waals surface area contributed by atoms with Crippen LogP contribution < -0.4 is 28.4 Å². The number of anilines is 1. The van der Waals surface area contributed by atoms with Gasteiger partial charge in [0.1, 0.15) is 19.0 Å². The summed E-state index contributed by atoms with van der Waals surface area (Å²) in [7, 11) is 1.96. The van der Waals surface area contributed by atoms with Gasteiger partial charge in [0.2, 0.25) is 19.5 Å². The number of aldehydes is 1. The zero-order chi connectivity index (χ0) is 29.1. The van der Waals surface area contributed by atoms with Crippen molar-refractivity contribution >= 4 is 17.9 Å². The molecular formula is C33H38N3O6+. The van der Waals surface area contributed by atoms with Crippen LogP contribution >= 0.6 is 0 Å². The van der Waals surface area contributed by atoms with Crippen LogP contribution in [0.2, 0.25) is 0 Å². The summed E-state index contributed by atoms with van der Waals surface area (Å²) in [6.45, 7) is 4.01. The molecule has 1 fully saturated rings. The minimum Gasteiger partial charge on any atom is -0.454 e. The fourth-order valence-corrected chi connectivity index (χ4v) is 6.43. The van der Waals surface area contributed by atoms with Crippen molar-refractivity contribution in [1.29, 1.82) is 0 Å². The molecule has 220 valence electrons. The summed E-state index contributed by atoms with van der Waals surface area (Å²) in [5, 5.41) is 0. The summed E-state index contributed by atoms with van der Waals surface area (Å²) < 4.78 is 24.5. The number of rotatable bonds is 11. The summed E-state index contributed by atoms with van der Waals surface area (Å²) in [5.41, 5.74) is 2.95. The number of aryl methyl sites for hydroxylation is 2. The van der Waals surface area contributed by atoms with Gasteiger partial charge in [-0.1, -0.05) is 31.5 Å². The molecule has 4 heterocycles. The van der Waals surface area contributed by atoms with E-state index in [1.165, 1.54) is 0 Å². The van der Waals surface area contributed by atoms with Crippen LogP contribution in [0.25, 0.3) is 0 Å². The number of unbranched alkanes of at least 4 members (excludes halogenated alkanes) is 1. The van der Waals surface area contributed by atoms with Crippen molar-refractivity contribution in [2.45, 2.75) is 44.6 Å². The average molecular weight is 573 g/mol. The molecule has 0 aliphatic carbocycles. The first-order valence-corrected chi connectivity index (χ1v) is 14.8. The maximum Gasteiger partial charge on any atom is 0.241 e. The molecule has 0 spiro atoms. The van der Waals surface area contributed by atoms with Gasteiger partial charge in [0.05, 0.1) is 6.54 Å². The Balaban J connectivity index is 1.28. The molecule has 2 aromatic carbocycles. The first-order valence-electron chi connectivity index (χ1n) is 14.8. The van der Waals surface area contributed by atoms with Crippen LogP contribution in [0, 0.1) is 5.92 Å². The lowest BCUT2D eigenvalue weighted by atomic mass is 9.84. The van der Waals surface area contributed by atoms with Crippen molar-refractivity contribution in [2.24, 2.45) is 13.0 Å². The van der Waals surface area contributed by atoms with Crippen LogP contribution in [0.15, 0.2) is 60.9 Å². The molecule has 1 amide bonds. The lowest BCUT2D eigenvalue weighted by Crippen LogP contribution is -2.44. The van der Waals surface area contributed by atoms with Crippen molar-refractivity contribution in [3.8, 4) is 23.0 Å². The van der Waals surface area contributed by atoms with E-state index in [0.717, 1.165) is 47.4 Å². The van der Waals surface area contributed by atoms with E-state index in [2.05, 4.69) is 11.8 Å². The number of ether oxygens (including phenoxy) is 4. The number of aromatic nitrogens is 1. The van der Waals surface area contributed by atoms with Crippen LogP contribution in [-0.2, 0) is 23.1 Å². The van der Waals surface area contributed by atoms with Crippen LogP contribution in [0.1, 0.15) is 43.2 Å². The third-order valence-corrected chi connectivity index (χ3v) is 8.59. The number of likely N-dealkylation sites (tertiary alicyclic amines) is 1. The molecule has 0 saturated carbocycles. The summed E-state index contributed by atoms with van der Waals surface area (Å²) in [4.78, 5) is 30.9. The number of hydrogen-bond donors (Lipinski definition) is 0. The Bertz CT molecular complexity index is 1450. The second-order valence-electron chi connectivity index (χ2n) is 11.2. The number of carbonyl (C=O) groups excluding carboxylic acids is 2. The molecule has 0 N–H and O–H groups in total. The molecule has 0 radical (unpaired) electrons. The predicted molar refractivity (Wildman–Crippen MR) is 156 cm³/mol. The highest BCUT2D eigenvalue weighted by Crippen LogP contribution is 2.43. The number of amides is 1. The molecule has 3 aliphatic rings. The molecule has 9 heteroatoms. The molecule has 0 unspecified atom stereocenters. The number of nitrogens with zero attached hydrogens (tertiary/aromatic N) is 3. The van der Waals surface area contributed by atoms with Crippen LogP contribution in [-0.4, -0.2) is 56.4 Å². The minimum absolute atomic E-state index is 0.0352. The first-order chi connectivity index (χ1) is 20.6. The molecule has 3 aromatic rings. The Kier molecular flexibility index (Phi) is 8.28. The van der Waals surface area contributed by atoms with Gasteiger partial charge < -0.3 is 28.6 Å². The third kappa shape index (κ3) is 5.66. The van der Waals surface area contributed by atoms with Crippen molar-refractivity contribution in [3.63, 3.8) is 0 Å². The van der Waals surface area contributed by atoms with Gasteiger partial charge in [0.25, 0.3) is 0 Å². The third-order valence-electron chi connectivity index (χ3n) is 8.59. The molecular weight excluding hydrogens is 534 g/mol. The Hall–Kier alpha value is -4.11. The van der Waals surface area contributed by atoms with Gasteiger partial charge in [-0.25, -0.2) is 4.57 Å². The van der Waals surface area contributed by atoms with Gasteiger partial charge >= 0.3 is 0 Å². The summed E-state index contributed by atoms with van der Waals surface area (Å²) in [5.74, 6) is 2.61. The van der Waals surface area contributed by atoms with Gasteiger partial charge in [-0.3, -0.25) is 9.69 Å². The Morgan fingerprint density at radius 1 is 1.05 bits per heavy atom. The fourth-order valence-electron chi connectivity index (χ4n) is 6.43. The summed E-state index contributed by atoms with van der Waals surface area (Å²) >= 11 is 0. The molecule has 6 rings (SSSR count). The van der Waals surface area contributed by atoms with E-state index >= 15 is 0 Å². The van der Waals surface area contributed by atoms with Gasteiger partial charge in [0.15, 0.2) is 35.4 Å². The topological polar surface area (TPSA) is 81.4 Å². The van der Waals surface area contributed by atoms with Crippen molar-refractivity contribution in [2.75, 3.05) is 38.1 Å². The van der Waals surface area contributed by atoms with E-state index in [9.17, 15) is 9.59 Å². The van der Waals surface area contributed by atoms with E-state index in [1.807, 2.05) is 77.4 Å². The lowest BCUT2D eigenvalue weighted by Gasteiger charge is -2.29. The molecule has 1 aromatic heterocycles. The highest BCUT2D eigenvalue weighted by molar-refractivity contribution is 5.94. The summed E-state index contributed by atoms with van der Waals surface area (Å²) in [6, 6.07) is 15.7. The zero-order valence-electron chi connectivity index (χ0n) is 24.2. The minimum atomic E-state index is -0.286. The largest absolute Gasteiger partial charge is 0.454 e. The molecule has 3 atom stereocenters. The number of benzene rings is 2. The Morgan fingerprint density at radius 3 is 2.71 bits per heavy atom. The standard InChI is InChI=1S/C33H38N3O6/c1-3-4-15-36(25-8-6-14-34(2)17-25)32(38)19-35-18-26(24-11-13-29-31(16-24)41-21-39-29)27(20-37)28(35)12-10-23-7-5-9-30-33(23)42-22-40-30/h5-9,11,13-14,16-17,20,26-28H,3-4,10,12,15,18-19,21-22H2,1-2H3/q+1/t26-,27-,28+/m1/s1. The number of fused-ring (bicyclic) bond motifs is 2. The predicted octanol–water partition coefficient (Wildman–Crippen LogP) is 4.02. The molecule has 9 nitrogen and oxygen atoms in total. The van der Waals surface area contributed by atoms with Gasteiger partial charge in [0, 0.05) is 37.0 Å². The molecule has 3 aliphatic heterocycles. The van der Waals surface area contributed by atoms with Gasteiger partial charge in [-0.2, -0.15) is 0 Å². The Labute approximate surface area is 246 Å². The van der Waals surface area contributed by atoms with Crippen molar-refractivity contribution in [3.05, 3.63) is 72.1 Å². The van der Waals surface area contributed by atoms with Crippen LogP contribution in [0.3, 0.4) is 0 Å². The number of carbonyl (C=O) groups is 2. The van der Waals surface area contributed by atoms with Crippen molar-refractivity contribution in [1.82, 2.24) is 4.90 Å².